The summed E-state index contributed by atoms with van der Waals surface area (Å²) in [7, 11) is 0. The molecule has 3 aromatic heterocycles. The maximum Gasteiger partial charge on any atom is 0.164 e. The number of hydrogen-bond acceptors (Lipinski definition) is 6. The molecule has 0 bridgehead atoms. The minimum Gasteiger partial charge on any atom is -0.309 e. The molecular weight excluding hydrogens is 1410 g/mol. The zero-order valence-corrected chi connectivity index (χ0v) is 63.8. The van der Waals surface area contributed by atoms with Crippen molar-refractivity contribution in [1.29, 1.82) is 0 Å². The van der Waals surface area contributed by atoms with Crippen molar-refractivity contribution in [3.63, 3.8) is 0 Å². The summed E-state index contributed by atoms with van der Waals surface area (Å²) in [6, 6.07) is 146. The number of nitrogens with zero attached hydrogens (tertiary/aromatic N) is 7. The summed E-state index contributed by atoms with van der Waals surface area (Å²) in [5.74, 6) is 3.91. The van der Waals surface area contributed by atoms with E-state index in [0.29, 0.717) is 34.9 Å². The van der Waals surface area contributed by atoms with Crippen LogP contribution in [0.3, 0.4) is 0 Å². The molecule has 7 nitrogen and oxygen atoms in total. The van der Waals surface area contributed by atoms with Gasteiger partial charge in [-0.05, 0) is 135 Å². The van der Waals surface area contributed by atoms with Crippen molar-refractivity contribution < 1.29 is 0 Å². The third-order valence-electron chi connectivity index (χ3n) is 24.5. The Balaban J connectivity index is 0.000000141. The zero-order valence-electron chi connectivity index (χ0n) is 63.8. The van der Waals surface area contributed by atoms with Crippen LogP contribution in [0, 0.1) is 0 Å². The first-order valence-corrected chi connectivity index (χ1v) is 39.8. The van der Waals surface area contributed by atoms with Crippen molar-refractivity contribution in [2.45, 2.75) is 30.1 Å². The topological polar surface area (TPSA) is 82.3 Å². The SMILES string of the molecule is CC1(C)c2cc(C3(c4ccccc4)c4ccccc4-c4ccc5ccccc5c43)ccc2-c2c(-c3nc(-c4ccccc4)nc(-c4ccccc4)n3)cccc21.c1ccc(-c2nc(-c3ccccc3)nc(-c3cccc4c3c3ccc(C5(c6ccccc6)c6ccccc6-c6ccc7ccccc7c65)cc3n4-c3ccccc3)n2)cc1. The van der Waals surface area contributed by atoms with Crippen LogP contribution in [0.25, 0.3) is 151 Å². The van der Waals surface area contributed by atoms with Crippen LogP contribution >= 0.6 is 0 Å². The lowest BCUT2D eigenvalue weighted by Gasteiger charge is -2.35. The van der Waals surface area contributed by atoms with Crippen LogP contribution in [-0.2, 0) is 16.2 Å². The normalized spacial score (nSPS) is 15.1. The minimum absolute atomic E-state index is 0.286. The smallest absolute Gasteiger partial charge is 0.164 e. The highest BCUT2D eigenvalue weighted by atomic mass is 15.0. The van der Waals surface area contributed by atoms with Crippen LogP contribution in [0.1, 0.15) is 69.5 Å². The third-order valence-corrected chi connectivity index (χ3v) is 24.5. The van der Waals surface area contributed by atoms with E-state index in [1.807, 2.05) is 72.8 Å². The summed E-state index contributed by atoms with van der Waals surface area (Å²) in [5, 5.41) is 7.26. The van der Waals surface area contributed by atoms with Crippen LogP contribution < -0.4 is 0 Å². The predicted octanol–water partition coefficient (Wildman–Crippen LogP) is 26.2. The van der Waals surface area contributed by atoms with Crippen molar-refractivity contribution in [2.24, 2.45) is 0 Å². The number of rotatable bonds is 11. The first-order chi connectivity index (χ1) is 57.3. The highest BCUT2D eigenvalue weighted by Crippen LogP contribution is 2.62. The quantitative estimate of drug-likeness (QED) is 0.128. The molecule has 116 heavy (non-hydrogen) atoms. The molecule has 17 aromatic carbocycles. The Bertz CT molecular complexity index is 7160. The summed E-state index contributed by atoms with van der Waals surface area (Å²) in [4.78, 5) is 30.8. The van der Waals surface area contributed by atoms with Gasteiger partial charge in [-0.2, -0.15) is 0 Å². The van der Waals surface area contributed by atoms with E-state index in [4.69, 9.17) is 29.9 Å². The van der Waals surface area contributed by atoms with Gasteiger partial charge in [-0.25, -0.2) is 29.9 Å². The Labute approximate surface area is 673 Å². The van der Waals surface area contributed by atoms with E-state index < -0.39 is 10.8 Å². The van der Waals surface area contributed by atoms with Crippen molar-refractivity contribution >= 4 is 43.4 Å². The molecule has 0 spiro atoms. The molecule has 0 fully saturated rings. The van der Waals surface area contributed by atoms with Crippen LogP contribution in [0.4, 0.5) is 0 Å². The van der Waals surface area contributed by atoms with Crippen molar-refractivity contribution in [3.05, 3.63) is 462 Å². The highest BCUT2D eigenvalue weighted by molar-refractivity contribution is 6.16. The zero-order chi connectivity index (χ0) is 77.1. The second-order valence-electron chi connectivity index (χ2n) is 31.0. The Morgan fingerprint density at radius 3 is 1.09 bits per heavy atom. The summed E-state index contributed by atoms with van der Waals surface area (Å²) >= 11 is 0. The fraction of sp³-hybridized carbons (Fsp3) is 0.0459. The number of para-hydroxylation sites is 1. The van der Waals surface area contributed by atoms with E-state index in [9.17, 15) is 0 Å². The lowest BCUT2D eigenvalue weighted by Crippen LogP contribution is -2.29. The number of aromatic nitrogens is 7. The first-order valence-electron chi connectivity index (χ1n) is 39.8. The molecule has 0 saturated carbocycles. The molecule has 2 atom stereocenters. The fourth-order valence-electron chi connectivity index (χ4n) is 19.5. The third kappa shape index (κ3) is 10.5. The average Bonchev–Trinajstić information content (AvgIpc) is 1.52. The summed E-state index contributed by atoms with van der Waals surface area (Å²) < 4.78 is 2.42. The molecule has 3 aliphatic rings. The summed E-state index contributed by atoms with van der Waals surface area (Å²) in [6.07, 6.45) is 0. The van der Waals surface area contributed by atoms with Gasteiger partial charge in [-0.15, -0.1) is 0 Å². The Morgan fingerprint density at radius 1 is 0.224 bits per heavy atom. The molecule has 0 radical (unpaired) electrons. The van der Waals surface area contributed by atoms with Crippen molar-refractivity contribution in [3.8, 4) is 107 Å². The standard InChI is InChI=1S/C56H36N4.C53H37N3/c1-5-19-38(20-6-1)53-57-54(39-21-7-2-8-22-39)59-55(58-53)47-29-17-31-49-51(47)46-35-33-41(36-50(46)60(49)42-25-11-4-12-26-42)56(40-23-9-3-10-24-40)48-30-16-15-28-44(48)45-34-32-37-18-13-14-27-43(37)52(45)56;1-52(2)45-28-16-26-43(51-55-49(35-18-6-3-7-19-35)54-50(56-51)36-20-8-4-9-21-36)47(45)42-32-30-38(33-46(42)52)53(37-22-10-5-11-23-37)44-27-15-14-25-40(44)41-31-29-34-17-12-13-24-39(34)48(41)53/h1-36H;3-33H,1-2H3. The van der Waals surface area contributed by atoms with Gasteiger partial charge >= 0.3 is 0 Å². The monoisotopic (exact) mass is 1480 g/mol. The number of hydrogen-bond donors (Lipinski definition) is 0. The molecule has 3 aliphatic carbocycles. The number of fused-ring (bicyclic) bond motifs is 16. The molecule has 3 heterocycles. The van der Waals surface area contributed by atoms with Crippen molar-refractivity contribution in [1.82, 2.24) is 34.5 Å². The summed E-state index contributed by atoms with van der Waals surface area (Å²) in [5.41, 5.74) is 28.0. The van der Waals surface area contributed by atoms with Gasteiger partial charge in [-0.1, -0.05) is 396 Å². The van der Waals surface area contributed by atoms with Gasteiger partial charge in [0.05, 0.1) is 21.9 Å². The van der Waals surface area contributed by atoms with Gasteiger partial charge in [0.2, 0.25) is 0 Å². The predicted molar refractivity (Wildman–Crippen MR) is 474 cm³/mol. The molecule has 20 aromatic rings. The Hall–Kier alpha value is -14.9. The van der Waals surface area contributed by atoms with E-state index in [2.05, 4.69) is 352 Å². The van der Waals surface area contributed by atoms with Gasteiger partial charge in [0, 0.05) is 55.3 Å². The van der Waals surface area contributed by atoms with Crippen LogP contribution in [0.5, 0.6) is 0 Å². The van der Waals surface area contributed by atoms with Gasteiger partial charge < -0.3 is 4.57 Å². The van der Waals surface area contributed by atoms with E-state index in [1.54, 1.807) is 0 Å². The lowest BCUT2D eigenvalue weighted by atomic mass is 9.66. The van der Waals surface area contributed by atoms with Gasteiger partial charge in [0.1, 0.15) is 0 Å². The molecule has 7 heteroatoms. The van der Waals surface area contributed by atoms with Gasteiger partial charge in [0.15, 0.2) is 34.9 Å². The molecular formula is C109H73N7. The second-order valence-corrected chi connectivity index (χ2v) is 31.0. The second kappa shape index (κ2) is 27.2. The average molecular weight is 1480 g/mol. The Morgan fingerprint density at radius 2 is 0.595 bits per heavy atom. The van der Waals surface area contributed by atoms with E-state index in [0.717, 1.165) is 60.9 Å². The first kappa shape index (κ1) is 67.9. The largest absolute Gasteiger partial charge is 0.309 e. The molecule has 0 N–H and O–H groups in total. The van der Waals surface area contributed by atoms with E-state index in [1.165, 1.54) is 111 Å². The van der Waals surface area contributed by atoms with Crippen LogP contribution in [0.2, 0.25) is 0 Å². The van der Waals surface area contributed by atoms with Crippen molar-refractivity contribution in [2.75, 3.05) is 0 Å². The van der Waals surface area contributed by atoms with E-state index >= 15 is 0 Å². The van der Waals surface area contributed by atoms with Crippen LogP contribution in [0.15, 0.2) is 406 Å². The molecule has 0 amide bonds. The maximum atomic E-state index is 5.22. The van der Waals surface area contributed by atoms with Gasteiger partial charge in [-0.3, -0.25) is 0 Å². The molecule has 2 unspecified atom stereocenters. The summed E-state index contributed by atoms with van der Waals surface area (Å²) in [6.45, 7) is 4.73. The molecule has 23 rings (SSSR count). The van der Waals surface area contributed by atoms with Gasteiger partial charge in [0.25, 0.3) is 0 Å². The lowest BCUT2D eigenvalue weighted by molar-refractivity contribution is 0.656. The van der Waals surface area contributed by atoms with Crippen LogP contribution in [-0.4, -0.2) is 34.5 Å². The molecule has 0 saturated heterocycles. The number of benzene rings is 17. The maximum absolute atomic E-state index is 5.22. The fourth-order valence-corrected chi connectivity index (χ4v) is 19.5. The van der Waals surface area contributed by atoms with E-state index in [-0.39, 0.29) is 5.41 Å². The highest BCUT2D eigenvalue weighted by Gasteiger charge is 2.50. The molecule has 544 valence electrons. The molecule has 0 aliphatic heterocycles. The Kier molecular flexibility index (Phi) is 15.9. The minimum atomic E-state index is -0.591.